The molecule has 1 heterocycles. The first-order chi connectivity index (χ1) is 17.9. The minimum atomic E-state index is -0.362. The van der Waals surface area contributed by atoms with Crippen molar-refractivity contribution < 1.29 is 15.0 Å². The van der Waals surface area contributed by atoms with Crippen molar-refractivity contribution in [1.29, 1.82) is 0 Å². The molecule has 0 atom stereocenters. The number of hydrogen-bond donors (Lipinski definition) is 2. The van der Waals surface area contributed by atoms with E-state index in [-0.39, 0.29) is 23.0 Å². The minimum absolute atomic E-state index is 0.101. The van der Waals surface area contributed by atoms with Crippen LogP contribution in [0.25, 0.3) is 22.2 Å². The third-order valence-corrected chi connectivity index (χ3v) is 7.07. The van der Waals surface area contributed by atoms with E-state index >= 15 is 0 Å². The van der Waals surface area contributed by atoms with Crippen LogP contribution in [0.5, 0.6) is 11.5 Å². The lowest BCUT2D eigenvalue weighted by Gasteiger charge is -2.24. The Bertz CT molecular complexity index is 1580. The lowest BCUT2D eigenvalue weighted by Crippen LogP contribution is -2.30. The molecule has 5 rings (SSSR count). The van der Waals surface area contributed by atoms with Crippen molar-refractivity contribution in [2.24, 2.45) is 0 Å². The molecule has 37 heavy (non-hydrogen) atoms. The summed E-state index contributed by atoms with van der Waals surface area (Å²) in [4.78, 5) is 21.3. The van der Waals surface area contributed by atoms with E-state index < -0.39 is 0 Å². The van der Waals surface area contributed by atoms with Crippen molar-refractivity contribution >= 4 is 34.3 Å². The molecular weight excluding hydrogens is 480 g/mol. The Morgan fingerprint density at radius 1 is 0.892 bits per heavy atom. The molecular formula is C31H26N2O3S. The molecule has 0 saturated carbocycles. The third kappa shape index (κ3) is 5.15. The zero-order chi connectivity index (χ0) is 25.9. The summed E-state index contributed by atoms with van der Waals surface area (Å²) in [5.74, 6) is -0.726. The average Bonchev–Trinajstić information content (AvgIpc) is 2.91. The van der Waals surface area contributed by atoms with Gasteiger partial charge in [0.25, 0.3) is 5.91 Å². The molecule has 0 spiro atoms. The van der Waals surface area contributed by atoms with Gasteiger partial charge in [-0.3, -0.25) is 4.79 Å². The van der Waals surface area contributed by atoms with Gasteiger partial charge in [-0.25, -0.2) is 4.98 Å². The number of phenols is 2. The van der Waals surface area contributed by atoms with Crippen LogP contribution >= 0.6 is 11.8 Å². The fraction of sp³-hybridized carbons (Fsp3) is 0.0968. The number of rotatable bonds is 6. The van der Waals surface area contributed by atoms with Gasteiger partial charge in [0, 0.05) is 27.6 Å². The summed E-state index contributed by atoms with van der Waals surface area (Å²) in [5.41, 5.74) is 5.62. The number of carbonyl (C=O) groups excluding carboxylic acids is 1. The lowest BCUT2D eigenvalue weighted by molar-refractivity contribution is 0.0982. The molecule has 5 aromatic rings. The van der Waals surface area contributed by atoms with Crippen molar-refractivity contribution in [1.82, 2.24) is 4.98 Å². The number of aromatic nitrogens is 1. The van der Waals surface area contributed by atoms with Crippen LogP contribution < -0.4 is 4.90 Å². The number of fused-ring (bicyclic) bond motifs is 1. The van der Waals surface area contributed by atoms with Gasteiger partial charge < -0.3 is 15.1 Å². The first-order valence-electron chi connectivity index (χ1n) is 11.9. The van der Waals surface area contributed by atoms with Crippen LogP contribution in [0.1, 0.15) is 21.5 Å². The standard InChI is InChI=1S/C31H26N2O3S/c1-20-17-23-5-3-4-6-28(23)32-30(20)22-9-11-24(12-10-22)33(19-21-7-14-26(37-2)15-8-21)31(36)27-16-13-25(34)18-29(27)35/h3-18,34-35H,19H2,1-2H3. The molecule has 0 aliphatic rings. The number of carbonyl (C=O) groups is 1. The summed E-state index contributed by atoms with van der Waals surface area (Å²) in [5, 5.41) is 21.2. The summed E-state index contributed by atoms with van der Waals surface area (Å²) < 4.78 is 0. The summed E-state index contributed by atoms with van der Waals surface area (Å²) >= 11 is 1.66. The highest BCUT2D eigenvalue weighted by atomic mass is 32.2. The number of hydrogen-bond acceptors (Lipinski definition) is 5. The van der Waals surface area contributed by atoms with Crippen LogP contribution in [-0.4, -0.2) is 27.4 Å². The highest BCUT2D eigenvalue weighted by molar-refractivity contribution is 7.98. The summed E-state index contributed by atoms with van der Waals surface area (Å²) in [6.45, 7) is 2.37. The quantitative estimate of drug-likeness (QED) is 0.238. The van der Waals surface area contributed by atoms with E-state index in [1.807, 2.05) is 79.9 Å². The van der Waals surface area contributed by atoms with Crippen LogP contribution in [0.15, 0.2) is 102 Å². The maximum Gasteiger partial charge on any atom is 0.262 e. The van der Waals surface area contributed by atoms with E-state index in [1.165, 1.54) is 18.2 Å². The number of benzene rings is 4. The van der Waals surface area contributed by atoms with Crippen LogP contribution in [0.2, 0.25) is 0 Å². The van der Waals surface area contributed by atoms with Crippen molar-refractivity contribution in [2.45, 2.75) is 18.4 Å². The van der Waals surface area contributed by atoms with Gasteiger partial charge in [-0.1, -0.05) is 42.5 Å². The second-order valence-electron chi connectivity index (χ2n) is 8.83. The van der Waals surface area contributed by atoms with Crippen LogP contribution in [0.4, 0.5) is 5.69 Å². The van der Waals surface area contributed by atoms with Gasteiger partial charge in [0.2, 0.25) is 0 Å². The zero-order valence-electron chi connectivity index (χ0n) is 20.6. The number of nitrogens with zero attached hydrogens (tertiary/aromatic N) is 2. The predicted octanol–water partition coefficient (Wildman–Crippen LogP) is 7.19. The number of para-hydroxylation sites is 1. The van der Waals surface area contributed by atoms with Gasteiger partial charge >= 0.3 is 0 Å². The van der Waals surface area contributed by atoms with Crippen LogP contribution in [0.3, 0.4) is 0 Å². The molecule has 1 amide bonds. The zero-order valence-corrected chi connectivity index (χ0v) is 21.4. The average molecular weight is 507 g/mol. The first kappa shape index (κ1) is 24.4. The van der Waals surface area contributed by atoms with Gasteiger partial charge in [-0.05, 0) is 72.8 Å². The Balaban J connectivity index is 1.52. The van der Waals surface area contributed by atoms with Crippen molar-refractivity contribution in [2.75, 3.05) is 11.2 Å². The predicted molar refractivity (Wildman–Crippen MR) is 150 cm³/mol. The highest BCUT2D eigenvalue weighted by Gasteiger charge is 2.22. The van der Waals surface area contributed by atoms with Crippen molar-refractivity contribution in [3.8, 4) is 22.8 Å². The number of phenolic OH excluding ortho intramolecular Hbond substituents is 2. The monoisotopic (exact) mass is 506 g/mol. The van der Waals surface area contributed by atoms with E-state index in [4.69, 9.17) is 4.98 Å². The summed E-state index contributed by atoms with van der Waals surface area (Å²) in [6.07, 6.45) is 2.02. The second kappa shape index (κ2) is 10.4. The van der Waals surface area contributed by atoms with Crippen molar-refractivity contribution in [3.05, 3.63) is 114 Å². The maximum atomic E-state index is 13.6. The minimum Gasteiger partial charge on any atom is -0.508 e. The van der Waals surface area contributed by atoms with Gasteiger partial charge in [-0.15, -0.1) is 11.8 Å². The Morgan fingerprint density at radius 3 is 2.32 bits per heavy atom. The molecule has 0 unspecified atom stereocenters. The largest absolute Gasteiger partial charge is 0.508 e. The Kier molecular flexibility index (Phi) is 6.84. The summed E-state index contributed by atoms with van der Waals surface area (Å²) in [6, 6.07) is 30.0. The molecule has 0 saturated heterocycles. The molecule has 184 valence electrons. The first-order valence-corrected chi connectivity index (χ1v) is 13.1. The van der Waals surface area contributed by atoms with E-state index in [9.17, 15) is 15.0 Å². The molecule has 6 heteroatoms. The molecule has 0 radical (unpaired) electrons. The smallest absolute Gasteiger partial charge is 0.262 e. The Morgan fingerprint density at radius 2 is 1.62 bits per heavy atom. The molecule has 0 fully saturated rings. The molecule has 0 aliphatic heterocycles. The number of amides is 1. The molecule has 0 bridgehead atoms. The van der Waals surface area contributed by atoms with Gasteiger partial charge in [0.15, 0.2) is 0 Å². The van der Waals surface area contributed by atoms with E-state index in [1.54, 1.807) is 16.7 Å². The van der Waals surface area contributed by atoms with Crippen molar-refractivity contribution in [3.63, 3.8) is 0 Å². The van der Waals surface area contributed by atoms with Gasteiger partial charge in [0.05, 0.1) is 23.3 Å². The van der Waals surface area contributed by atoms with E-state index in [0.717, 1.165) is 38.2 Å². The number of anilines is 1. The number of aromatic hydroxyl groups is 2. The molecule has 2 N–H and O–H groups in total. The molecule has 1 aromatic heterocycles. The normalized spacial score (nSPS) is 11.0. The molecule has 0 aliphatic carbocycles. The lowest BCUT2D eigenvalue weighted by atomic mass is 10.0. The van der Waals surface area contributed by atoms with Crippen LogP contribution in [-0.2, 0) is 6.54 Å². The summed E-state index contributed by atoms with van der Waals surface area (Å²) in [7, 11) is 0. The van der Waals surface area contributed by atoms with Gasteiger partial charge in [-0.2, -0.15) is 0 Å². The SMILES string of the molecule is CSc1ccc(CN(C(=O)c2ccc(O)cc2O)c2ccc(-c3nc4ccccc4cc3C)cc2)cc1. The Labute approximate surface area is 220 Å². The second-order valence-corrected chi connectivity index (χ2v) is 9.71. The Hall–Kier alpha value is -4.29. The molecule has 4 aromatic carbocycles. The third-order valence-electron chi connectivity index (χ3n) is 6.32. The topological polar surface area (TPSA) is 73.7 Å². The van der Waals surface area contributed by atoms with Crippen LogP contribution in [0, 0.1) is 6.92 Å². The number of pyridine rings is 1. The fourth-order valence-corrected chi connectivity index (χ4v) is 4.76. The number of aryl methyl sites for hydroxylation is 1. The molecule has 5 nitrogen and oxygen atoms in total. The fourth-order valence-electron chi connectivity index (χ4n) is 4.35. The van der Waals surface area contributed by atoms with Gasteiger partial charge in [0.1, 0.15) is 11.5 Å². The van der Waals surface area contributed by atoms with E-state index in [0.29, 0.717) is 12.2 Å². The highest BCUT2D eigenvalue weighted by Crippen LogP contribution is 2.31. The maximum absolute atomic E-state index is 13.6. The number of thioether (sulfide) groups is 1. The van der Waals surface area contributed by atoms with E-state index in [2.05, 4.69) is 12.1 Å².